The van der Waals surface area contributed by atoms with Gasteiger partial charge >= 0.3 is 5.97 Å². The van der Waals surface area contributed by atoms with Crippen molar-refractivity contribution in [2.24, 2.45) is 0 Å². The zero-order chi connectivity index (χ0) is 13.2. The maximum Gasteiger partial charge on any atom is 0.340 e. The highest BCUT2D eigenvalue weighted by atomic mass is 16.6. The first-order valence-corrected chi connectivity index (χ1v) is 5.99. The van der Waals surface area contributed by atoms with E-state index in [2.05, 4.69) is 4.74 Å². The van der Waals surface area contributed by atoms with E-state index >= 15 is 0 Å². The number of benzene rings is 3. The van der Waals surface area contributed by atoms with Gasteiger partial charge in [0.15, 0.2) is 6.79 Å². The molecule has 0 amide bonds. The Balaban J connectivity index is 2.29. The van der Waals surface area contributed by atoms with E-state index in [0.717, 1.165) is 21.5 Å². The predicted octanol–water partition coefficient (Wildman–Crippen LogP) is 3.10. The third-order valence-electron chi connectivity index (χ3n) is 3.16. The summed E-state index contributed by atoms with van der Waals surface area (Å²) in [5.41, 5.74) is 0.470. The second-order valence-corrected chi connectivity index (χ2v) is 4.29. The van der Waals surface area contributed by atoms with Gasteiger partial charge in [-0.3, -0.25) is 0 Å². The summed E-state index contributed by atoms with van der Waals surface area (Å²) in [4.78, 5) is 11.8. The summed E-state index contributed by atoms with van der Waals surface area (Å²) < 4.78 is 4.66. The van der Waals surface area contributed by atoms with Crippen molar-refractivity contribution in [3.8, 4) is 0 Å². The lowest BCUT2D eigenvalue weighted by Crippen LogP contribution is -2.06. The summed E-state index contributed by atoms with van der Waals surface area (Å²) in [5.74, 6) is -0.511. The summed E-state index contributed by atoms with van der Waals surface area (Å²) in [5, 5.41) is 12.7. The van der Waals surface area contributed by atoms with Gasteiger partial charge in [-0.05, 0) is 39.7 Å². The number of hydrogen-bond acceptors (Lipinski definition) is 3. The second kappa shape index (κ2) is 4.71. The minimum Gasteiger partial charge on any atom is -0.435 e. The Morgan fingerprint density at radius 2 is 1.63 bits per heavy atom. The van der Waals surface area contributed by atoms with Crippen LogP contribution in [0.25, 0.3) is 21.5 Å². The minimum atomic E-state index is -0.608. The van der Waals surface area contributed by atoms with E-state index < -0.39 is 12.8 Å². The van der Waals surface area contributed by atoms with Crippen LogP contribution in [0.4, 0.5) is 0 Å². The van der Waals surface area contributed by atoms with Gasteiger partial charge in [0, 0.05) is 0 Å². The molecule has 0 aliphatic rings. The topological polar surface area (TPSA) is 46.5 Å². The monoisotopic (exact) mass is 252 g/mol. The third kappa shape index (κ3) is 2.04. The van der Waals surface area contributed by atoms with Gasteiger partial charge in [0.25, 0.3) is 0 Å². The molecule has 0 bridgehead atoms. The van der Waals surface area contributed by atoms with Gasteiger partial charge in [-0.1, -0.05) is 36.4 Å². The highest BCUT2D eigenvalue weighted by Crippen LogP contribution is 2.25. The Labute approximate surface area is 110 Å². The van der Waals surface area contributed by atoms with Crippen LogP contribution in [-0.4, -0.2) is 17.9 Å². The molecule has 0 aromatic heterocycles. The number of esters is 1. The lowest BCUT2D eigenvalue weighted by atomic mass is 10.00. The summed E-state index contributed by atoms with van der Waals surface area (Å²) in [6, 6.07) is 17.5. The van der Waals surface area contributed by atoms with Gasteiger partial charge in [-0.15, -0.1) is 0 Å². The van der Waals surface area contributed by atoms with Gasteiger partial charge < -0.3 is 9.84 Å². The van der Waals surface area contributed by atoms with E-state index in [1.165, 1.54) is 0 Å². The number of rotatable bonds is 2. The van der Waals surface area contributed by atoms with Gasteiger partial charge in [0.1, 0.15) is 0 Å². The maximum absolute atomic E-state index is 11.8. The Morgan fingerprint density at radius 1 is 0.947 bits per heavy atom. The van der Waals surface area contributed by atoms with E-state index in [0.29, 0.717) is 5.56 Å². The molecule has 0 aliphatic heterocycles. The fraction of sp³-hybridized carbons (Fsp3) is 0.0625. The molecule has 0 saturated carbocycles. The first-order valence-electron chi connectivity index (χ1n) is 5.99. The Bertz CT molecular complexity index is 762. The number of fused-ring (bicyclic) bond motifs is 2. The molecule has 19 heavy (non-hydrogen) atoms. The Morgan fingerprint density at radius 3 is 2.37 bits per heavy atom. The molecule has 1 N–H and O–H groups in total. The minimum absolute atomic E-state index is 0.470. The fourth-order valence-electron chi connectivity index (χ4n) is 2.28. The quantitative estimate of drug-likeness (QED) is 0.433. The van der Waals surface area contributed by atoms with E-state index in [1.807, 2.05) is 48.5 Å². The number of carbonyl (C=O) groups excluding carboxylic acids is 1. The van der Waals surface area contributed by atoms with Crippen LogP contribution in [0.3, 0.4) is 0 Å². The van der Waals surface area contributed by atoms with Crippen molar-refractivity contribution in [2.75, 3.05) is 6.79 Å². The molecule has 0 aliphatic carbocycles. The molecular weight excluding hydrogens is 240 g/mol. The zero-order valence-corrected chi connectivity index (χ0v) is 10.2. The van der Waals surface area contributed by atoms with Crippen molar-refractivity contribution in [3.05, 3.63) is 60.2 Å². The number of hydrogen-bond donors (Lipinski definition) is 1. The van der Waals surface area contributed by atoms with Crippen molar-refractivity contribution in [1.82, 2.24) is 0 Å². The van der Waals surface area contributed by atoms with Crippen molar-refractivity contribution in [1.29, 1.82) is 0 Å². The molecule has 0 heterocycles. The number of ether oxygens (including phenoxy) is 1. The molecule has 0 atom stereocenters. The van der Waals surface area contributed by atoms with Crippen molar-refractivity contribution in [2.45, 2.75) is 0 Å². The second-order valence-electron chi connectivity index (χ2n) is 4.29. The Kier molecular flexibility index (Phi) is 2.89. The van der Waals surface area contributed by atoms with Gasteiger partial charge in [-0.2, -0.15) is 0 Å². The fourth-order valence-corrected chi connectivity index (χ4v) is 2.28. The van der Waals surface area contributed by atoms with Crippen LogP contribution in [0.1, 0.15) is 10.4 Å². The molecule has 0 unspecified atom stereocenters. The summed E-state index contributed by atoms with van der Waals surface area (Å²) in [6.07, 6.45) is 0. The van der Waals surface area contributed by atoms with Crippen molar-refractivity contribution < 1.29 is 14.6 Å². The number of aliphatic hydroxyl groups excluding tert-OH is 1. The first kappa shape index (κ1) is 11.7. The molecule has 0 spiro atoms. The van der Waals surface area contributed by atoms with Crippen molar-refractivity contribution >= 4 is 27.5 Å². The predicted molar refractivity (Wildman–Crippen MR) is 74.0 cm³/mol. The highest BCUT2D eigenvalue weighted by Gasteiger charge is 2.11. The van der Waals surface area contributed by atoms with Gasteiger partial charge in [0.2, 0.25) is 0 Å². The van der Waals surface area contributed by atoms with Crippen molar-refractivity contribution in [3.63, 3.8) is 0 Å². The molecule has 94 valence electrons. The molecule has 3 rings (SSSR count). The van der Waals surface area contributed by atoms with Gasteiger partial charge in [-0.25, -0.2) is 4.79 Å². The number of carbonyl (C=O) groups is 1. The smallest absolute Gasteiger partial charge is 0.340 e. The highest BCUT2D eigenvalue weighted by molar-refractivity contribution is 6.08. The lowest BCUT2D eigenvalue weighted by molar-refractivity contribution is 0.00705. The third-order valence-corrected chi connectivity index (χ3v) is 3.16. The van der Waals surface area contributed by atoms with Crippen LogP contribution in [0.15, 0.2) is 54.6 Å². The molecule has 3 aromatic carbocycles. The molecule has 3 aromatic rings. The summed E-state index contributed by atoms with van der Waals surface area (Å²) in [7, 11) is 0. The average Bonchev–Trinajstić information content (AvgIpc) is 2.44. The summed E-state index contributed by atoms with van der Waals surface area (Å²) in [6.45, 7) is -0.608. The van der Waals surface area contributed by atoms with Crippen LogP contribution >= 0.6 is 0 Å². The van der Waals surface area contributed by atoms with E-state index in [1.54, 1.807) is 6.07 Å². The molecule has 0 fully saturated rings. The van der Waals surface area contributed by atoms with Crippen LogP contribution in [-0.2, 0) is 4.74 Å². The first-order chi connectivity index (χ1) is 9.29. The molecule has 3 heteroatoms. The van der Waals surface area contributed by atoms with Gasteiger partial charge in [0.05, 0.1) is 5.56 Å². The van der Waals surface area contributed by atoms with E-state index in [-0.39, 0.29) is 0 Å². The Hall–Kier alpha value is -2.39. The molecular formula is C16H12O3. The SMILES string of the molecule is O=C(OCO)c1cccc2cc3ccccc3cc12. The standard InChI is InChI=1S/C16H12O3/c17-10-19-16(18)14-7-3-6-13-8-11-4-1-2-5-12(11)9-15(13)14/h1-9,17H,10H2. The average molecular weight is 252 g/mol. The van der Waals surface area contributed by atoms with E-state index in [9.17, 15) is 4.79 Å². The van der Waals surface area contributed by atoms with Crippen LogP contribution in [0, 0.1) is 0 Å². The van der Waals surface area contributed by atoms with Crippen LogP contribution in [0.2, 0.25) is 0 Å². The molecule has 3 nitrogen and oxygen atoms in total. The molecule has 0 radical (unpaired) electrons. The summed E-state index contributed by atoms with van der Waals surface area (Å²) >= 11 is 0. The van der Waals surface area contributed by atoms with E-state index in [4.69, 9.17) is 5.11 Å². The zero-order valence-electron chi connectivity index (χ0n) is 10.2. The number of aliphatic hydroxyl groups is 1. The largest absolute Gasteiger partial charge is 0.435 e. The molecule has 0 saturated heterocycles. The lowest BCUT2D eigenvalue weighted by Gasteiger charge is -2.07. The van der Waals surface area contributed by atoms with Crippen LogP contribution in [0.5, 0.6) is 0 Å². The van der Waals surface area contributed by atoms with Crippen LogP contribution < -0.4 is 0 Å². The normalized spacial score (nSPS) is 10.8. The maximum atomic E-state index is 11.8.